The van der Waals surface area contributed by atoms with Gasteiger partial charge in [0.2, 0.25) is 9.84 Å². The largest absolute Gasteiger partial charge is 0.346 e. The molecule has 0 unspecified atom stereocenters. The fourth-order valence-corrected chi connectivity index (χ4v) is 2.96. The number of halogens is 3. The second-order valence-corrected chi connectivity index (χ2v) is 7.43. The maximum absolute atomic E-state index is 12.5. The number of hydrogen-bond donors (Lipinski definition) is 1. The summed E-state index contributed by atoms with van der Waals surface area (Å²) in [6.45, 7) is 1.76. The fourth-order valence-electron chi connectivity index (χ4n) is 2.04. The van der Waals surface area contributed by atoms with Crippen LogP contribution in [0.3, 0.4) is 0 Å². The smallest absolute Gasteiger partial charge is 0.341 e. The number of amides is 1. The van der Waals surface area contributed by atoms with E-state index in [4.69, 9.17) is 11.6 Å². The van der Waals surface area contributed by atoms with E-state index in [2.05, 4.69) is 5.32 Å². The van der Waals surface area contributed by atoms with Crippen LogP contribution in [0.5, 0.6) is 0 Å². The van der Waals surface area contributed by atoms with E-state index >= 15 is 0 Å². The fraction of sp³-hybridized carbons (Fsp3) is 0.188. The van der Waals surface area contributed by atoms with Gasteiger partial charge in [0.1, 0.15) is 0 Å². The number of alkyl halides is 2. The number of carbonyl (C=O) groups excluding carboxylic acids is 1. The molecule has 0 radical (unpaired) electrons. The lowest BCUT2D eigenvalue weighted by atomic mass is 10.1. The third kappa shape index (κ3) is 4.10. The molecule has 1 amide bonds. The monoisotopic (exact) mass is 373 g/mol. The van der Waals surface area contributed by atoms with E-state index in [1.807, 2.05) is 0 Å². The number of hydrogen-bond acceptors (Lipinski definition) is 3. The van der Waals surface area contributed by atoms with Gasteiger partial charge in [-0.05, 0) is 48.9 Å². The summed E-state index contributed by atoms with van der Waals surface area (Å²) in [5.41, 5.74) is 0.963. The first-order chi connectivity index (χ1) is 11.2. The second kappa shape index (κ2) is 7.27. The Morgan fingerprint density at radius 1 is 1.12 bits per heavy atom. The van der Waals surface area contributed by atoms with Crippen LogP contribution < -0.4 is 5.32 Å². The maximum atomic E-state index is 12.5. The van der Waals surface area contributed by atoms with Crippen molar-refractivity contribution >= 4 is 27.3 Å². The minimum atomic E-state index is -4.67. The molecule has 2 aromatic rings. The molecule has 8 heteroatoms. The van der Waals surface area contributed by atoms with Crippen LogP contribution in [0.15, 0.2) is 53.4 Å². The molecule has 0 heterocycles. The van der Waals surface area contributed by atoms with E-state index in [-0.39, 0.29) is 11.6 Å². The predicted molar refractivity (Wildman–Crippen MR) is 87.0 cm³/mol. The normalized spacial score (nSPS) is 12.9. The van der Waals surface area contributed by atoms with Gasteiger partial charge in [-0.1, -0.05) is 23.7 Å². The Balaban J connectivity index is 2.13. The Bertz CT molecular complexity index is 839. The minimum Gasteiger partial charge on any atom is -0.346 e. The number of benzene rings is 2. The quantitative estimate of drug-likeness (QED) is 0.866. The highest BCUT2D eigenvalue weighted by Gasteiger charge is 2.26. The van der Waals surface area contributed by atoms with Crippen molar-refractivity contribution in [3.05, 3.63) is 64.7 Å². The predicted octanol–water partition coefficient (Wildman–Crippen LogP) is 3.83. The third-order valence-corrected chi connectivity index (χ3v) is 5.01. The van der Waals surface area contributed by atoms with Crippen LogP contribution in [0.1, 0.15) is 28.9 Å². The number of rotatable bonds is 5. The standard InChI is InChI=1S/C16H14ClF2NO3S/c1-10(12-3-2-4-13(17)9-12)20-15(21)11-5-7-14(8-6-11)24(22,23)16(18)19/h2-10,16H,1H3,(H,20,21)/t10-/m0/s1. The van der Waals surface area contributed by atoms with Gasteiger partial charge in [0.15, 0.2) is 0 Å². The number of carbonyl (C=O) groups is 1. The highest BCUT2D eigenvalue weighted by Crippen LogP contribution is 2.20. The Morgan fingerprint density at radius 3 is 2.29 bits per heavy atom. The summed E-state index contributed by atoms with van der Waals surface area (Å²) in [6, 6.07) is 11.0. The van der Waals surface area contributed by atoms with Gasteiger partial charge >= 0.3 is 5.76 Å². The first kappa shape index (κ1) is 18.4. The molecule has 1 N–H and O–H groups in total. The summed E-state index contributed by atoms with van der Waals surface area (Å²) in [4.78, 5) is 11.6. The molecule has 0 saturated heterocycles. The average Bonchev–Trinajstić information content (AvgIpc) is 2.54. The highest BCUT2D eigenvalue weighted by atomic mass is 35.5. The molecule has 0 bridgehead atoms. The van der Waals surface area contributed by atoms with E-state index in [1.54, 1.807) is 31.2 Å². The van der Waals surface area contributed by atoms with Crippen molar-refractivity contribution in [1.29, 1.82) is 0 Å². The van der Waals surface area contributed by atoms with Gasteiger partial charge in [-0.2, -0.15) is 8.78 Å². The highest BCUT2D eigenvalue weighted by molar-refractivity contribution is 7.91. The van der Waals surface area contributed by atoms with Crippen LogP contribution in [-0.2, 0) is 9.84 Å². The molecule has 0 aromatic heterocycles. The van der Waals surface area contributed by atoms with E-state index in [0.717, 1.165) is 17.7 Å². The Labute approximate surface area is 143 Å². The minimum absolute atomic E-state index is 0.164. The summed E-state index contributed by atoms with van der Waals surface area (Å²) in [5, 5.41) is 3.26. The first-order valence-electron chi connectivity index (χ1n) is 6.90. The summed E-state index contributed by atoms with van der Waals surface area (Å²) in [5.74, 6) is -3.96. The van der Waals surface area contributed by atoms with E-state index in [0.29, 0.717) is 5.02 Å². The molecule has 4 nitrogen and oxygen atoms in total. The van der Waals surface area contributed by atoms with E-state index in [1.165, 1.54) is 12.1 Å². The van der Waals surface area contributed by atoms with Crippen molar-refractivity contribution in [3.63, 3.8) is 0 Å². The molecule has 0 aliphatic rings. The molecule has 2 aromatic carbocycles. The molecule has 2 rings (SSSR count). The van der Waals surface area contributed by atoms with Crippen molar-refractivity contribution in [2.45, 2.75) is 23.6 Å². The number of nitrogens with one attached hydrogen (secondary N) is 1. The SMILES string of the molecule is C[C@H](NC(=O)c1ccc(S(=O)(=O)C(F)F)cc1)c1cccc(Cl)c1. The van der Waals surface area contributed by atoms with Gasteiger partial charge in [0.05, 0.1) is 10.9 Å². The Hall–Kier alpha value is -1.99. The van der Waals surface area contributed by atoms with Gasteiger partial charge in [-0.15, -0.1) is 0 Å². The van der Waals surface area contributed by atoms with Gasteiger partial charge < -0.3 is 5.32 Å². The van der Waals surface area contributed by atoms with Crippen LogP contribution in [0.4, 0.5) is 8.78 Å². The zero-order chi connectivity index (χ0) is 17.9. The van der Waals surface area contributed by atoms with E-state index < -0.39 is 26.4 Å². The lowest BCUT2D eigenvalue weighted by Crippen LogP contribution is -2.26. The number of sulfone groups is 1. The lowest BCUT2D eigenvalue weighted by molar-refractivity contribution is 0.0940. The van der Waals surface area contributed by atoms with Crippen LogP contribution in [0.2, 0.25) is 5.02 Å². The summed E-state index contributed by atoms with van der Waals surface area (Å²) < 4.78 is 47.6. The van der Waals surface area contributed by atoms with Gasteiger partial charge in [-0.25, -0.2) is 8.42 Å². The Morgan fingerprint density at radius 2 is 1.75 bits per heavy atom. The second-order valence-electron chi connectivity index (χ2n) is 5.08. The molecule has 0 aliphatic carbocycles. The summed E-state index contributed by atoms with van der Waals surface area (Å²) in [6.07, 6.45) is 0. The summed E-state index contributed by atoms with van der Waals surface area (Å²) >= 11 is 5.90. The first-order valence-corrected chi connectivity index (χ1v) is 8.82. The molecule has 1 atom stereocenters. The van der Waals surface area contributed by atoms with Crippen molar-refractivity contribution in [3.8, 4) is 0 Å². The zero-order valence-electron chi connectivity index (χ0n) is 12.5. The Kier molecular flexibility index (Phi) is 5.56. The van der Waals surface area contributed by atoms with Crippen molar-refractivity contribution in [2.24, 2.45) is 0 Å². The molecule has 0 saturated carbocycles. The molecule has 128 valence electrons. The van der Waals surface area contributed by atoms with Crippen molar-refractivity contribution in [1.82, 2.24) is 5.32 Å². The van der Waals surface area contributed by atoms with Gasteiger partial charge in [0, 0.05) is 10.6 Å². The molecule has 0 spiro atoms. The molecular formula is C16H14ClF2NO3S. The van der Waals surface area contributed by atoms with Crippen molar-refractivity contribution in [2.75, 3.05) is 0 Å². The molecule has 0 aliphatic heterocycles. The topological polar surface area (TPSA) is 63.2 Å². The zero-order valence-corrected chi connectivity index (χ0v) is 14.1. The van der Waals surface area contributed by atoms with E-state index in [9.17, 15) is 22.0 Å². The van der Waals surface area contributed by atoms with Crippen molar-refractivity contribution < 1.29 is 22.0 Å². The van der Waals surface area contributed by atoms with Gasteiger partial charge in [-0.3, -0.25) is 4.79 Å². The molecule has 24 heavy (non-hydrogen) atoms. The summed E-state index contributed by atoms with van der Waals surface area (Å²) in [7, 11) is -4.67. The average molecular weight is 374 g/mol. The van der Waals surface area contributed by atoms with Crippen LogP contribution in [-0.4, -0.2) is 20.1 Å². The third-order valence-electron chi connectivity index (χ3n) is 3.38. The maximum Gasteiger partial charge on any atom is 0.341 e. The van der Waals surface area contributed by atoms with Crippen LogP contribution in [0.25, 0.3) is 0 Å². The van der Waals surface area contributed by atoms with Crippen LogP contribution in [0, 0.1) is 0 Å². The van der Waals surface area contributed by atoms with Crippen LogP contribution >= 0.6 is 11.6 Å². The van der Waals surface area contributed by atoms with Gasteiger partial charge in [0.25, 0.3) is 5.91 Å². The molecular weight excluding hydrogens is 360 g/mol. The molecule has 0 fully saturated rings. The lowest BCUT2D eigenvalue weighted by Gasteiger charge is -2.15.